The predicted molar refractivity (Wildman–Crippen MR) is 181 cm³/mol. The van der Waals surface area contributed by atoms with Crippen LogP contribution in [-0.4, -0.2) is 9.97 Å². The fourth-order valence-corrected chi connectivity index (χ4v) is 5.13. The number of aromatic nitrogens is 2. The molecule has 7 aromatic rings. The summed E-state index contributed by atoms with van der Waals surface area (Å²) >= 11 is 0. The van der Waals surface area contributed by atoms with Crippen LogP contribution < -0.4 is 0 Å². The van der Waals surface area contributed by atoms with Crippen LogP contribution in [0.15, 0.2) is 132 Å². The molecule has 0 fully saturated rings. The van der Waals surface area contributed by atoms with Crippen molar-refractivity contribution in [2.24, 2.45) is 0 Å². The van der Waals surface area contributed by atoms with Crippen molar-refractivity contribution in [1.29, 1.82) is 0 Å². The number of rotatable bonds is 5. The van der Waals surface area contributed by atoms with Crippen molar-refractivity contribution in [1.82, 2.24) is 9.97 Å². The number of hydrogen-bond acceptors (Lipinski definition) is 3. The molecule has 3 nitrogen and oxygen atoms in total. The summed E-state index contributed by atoms with van der Waals surface area (Å²) in [6.07, 6.45) is 3.28. The molecule has 0 aliphatic heterocycles. The molecule has 3 heterocycles. The summed E-state index contributed by atoms with van der Waals surface area (Å²) in [7, 11) is 0. The van der Waals surface area contributed by atoms with E-state index in [1.807, 2.05) is 48.7 Å². The third-order valence-electron chi connectivity index (χ3n) is 7.54. The van der Waals surface area contributed by atoms with Gasteiger partial charge in [-0.3, -0.25) is 4.98 Å². The Morgan fingerprint density at radius 3 is 2.13 bits per heavy atom. The second-order valence-corrected chi connectivity index (χ2v) is 10.9. The summed E-state index contributed by atoms with van der Waals surface area (Å²) in [5.41, 5.74) is 10.3. The average molecular weight is 766 g/mol. The van der Waals surface area contributed by atoms with Gasteiger partial charge in [-0.1, -0.05) is 116 Å². The van der Waals surface area contributed by atoms with Gasteiger partial charge in [0, 0.05) is 47.9 Å². The van der Waals surface area contributed by atoms with Crippen LogP contribution in [0.5, 0.6) is 0 Å². The van der Waals surface area contributed by atoms with Crippen molar-refractivity contribution < 1.29 is 28.6 Å². The van der Waals surface area contributed by atoms with Gasteiger partial charge in [0.25, 0.3) is 0 Å². The maximum absolute atomic E-state index is 7.23. The fourth-order valence-electron chi connectivity index (χ4n) is 5.13. The Morgan fingerprint density at radius 2 is 1.49 bits per heavy atom. The molecule has 0 atom stereocenters. The van der Waals surface area contributed by atoms with Crippen molar-refractivity contribution in [2.75, 3.05) is 0 Å². The maximum Gasteiger partial charge on any atom is 0.0944 e. The van der Waals surface area contributed by atoms with Crippen molar-refractivity contribution in [3.8, 4) is 45.0 Å². The third-order valence-corrected chi connectivity index (χ3v) is 7.54. The topological polar surface area (TPSA) is 38.9 Å². The predicted octanol–water partition coefficient (Wildman–Crippen LogP) is 10.9. The minimum absolute atomic E-state index is 0. The number of hydrogen-bond donors (Lipinski definition) is 0. The van der Waals surface area contributed by atoms with Gasteiger partial charge in [-0.15, -0.1) is 48.0 Å². The van der Waals surface area contributed by atoms with E-state index in [4.69, 9.17) is 8.53 Å². The summed E-state index contributed by atoms with van der Waals surface area (Å²) in [5.74, 6) is 1.34. The van der Waals surface area contributed by atoms with Gasteiger partial charge in [-0.25, -0.2) is 0 Å². The first-order valence-electron chi connectivity index (χ1n) is 16.2. The Bertz CT molecular complexity index is 2090. The van der Waals surface area contributed by atoms with E-state index < -0.39 is 6.85 Å². The van der Waals surface area contributed by atoms with Crippen molar-refractivity contribution >= 4 is 11.0 Å². The smallest absolute Gasteiger partial charge is 0.0944 e. The van der Waals surface area contributed by atoms with Crippen LogP contribution in [-0.2, 0) is 20.1 Å². The summed E-state index contributed by atoms with van der Waals surface area (Å²) in [5, 5.41) is 1.01. The second-order valence-electron chi connectivity index (χ2n) is 10.9. The van der Waals surface area contributed by atoms with Crippen LogP contribution in [0.3, 0.4) is 0 Å². The van der Waals surface area contributed by atoms with E-state index in [1.165, 1.54) is 11.8 Å². The number of benzene rings is 4. The van der Waals surface area contributed by atoms with Crippen LogP contribution in [0.25, 0.3) is 55.9 Å². The van der Waals surface area contributed by atoms with Gasteiger partial charge in [0.2, 0.25) is 0 Å². The summed E-state index contributed by atoms with van der Waals surface area (Å²) in [6.45, 7) is 4.43. The van der Waals surface area contributed by atoms with Gasteiger partial charge in [0.15, 0.2) is 0 Å². The Morgan fingerprint density at radius 1 is 0.756 bits per heavy atom. The van der Waals surface area contributed by atoms with Gasteiger partial charge in [0.1, 0.15) is 0 Å². The first kappa shape index (κ1) is 27.9. The van der Waals surface area contributed by atoms with Gasteiger partial charge in [-0.2, -0.15) is 0 Å². The molecule has 0 saturated carbocycles. The molecule has 0 aliphatic rings. The molecule has 4 aromatic carbocycles. The molecule has 0 amide bonds. The Hall–Kier alpha value is -4.63. The molecule has 7 rings (SSSR count). The van der Waals surface area contributed by atoms with Crippen LogP contribution in [0.2, 0.25) is 0 Å². The minimum Gasteiger partial charge on any atom is -0.499 e. The number of nitrogens with zero attached hydrogens (tertiary/aromatic N) is 2. The zero-order chi connectivity index (χ0) is 33.0. The van der Waals surface area contributed by atoms with Gasteiger partial charge in [-0.05, 0) is 46.8 Å². The van der Waals surface area contributed by atoms with Gasteiger partial charge < -0.3 is 9.40 Å². The third kappa shape index (κ3) is 7.20. The number of furan rings is 1. The molecule has 4 heteroatoms. The maximum atomic E-state index is 7.23. The summed E-state index contributed by atoms with van der Waals surface area (Å²) < 4.78 is 28.2. The molecular formula is C41H34IrN2O-2. The Balaban J connectivity index is 0.000000224. The van der Waals surface area contributed by atoms with Crippen LogP contribution in [0.1, 0.15) is 40.6 Å². The fraction of sp³-hybridized carbons (Fsp3) is 0.122. The second kappa shape index (κ2) is 14.4. The van der Waals surface area contributed by atoms with Crippen LogP contribution >= 0.6 is 0 Å². The molecule has 45 heavy (non-hydrogen) atoms. The van der Waals surface area contributed by atoms with Gasteiger partial charge >= 0.3 is 0 Å². The van der Waals surface area contributed by atoms with E-state index in [1.54, 1.807) is 18.2 Å². The van der Waals surface area contributed by atoms with Crippen molar-refractivity contribution in [3.63, 3.8) is 0 Å². The first-order valence-corrected chi connectivity index (χ1v) is 14.7. The molecule has 0 spiro atoms. The van der Waals surface area contributed by atoms with E-state index in [-0.39, 0.29) is 25.7 Å². The molecule has 0 bridgehead atoms. The van der Waals surface area contributed by atoms with Crippen LogP contribution in [0.4, 0.5) is 0 Å². The molecule has 0 saturated heterocycles. The first-order chi connectivity index (χ1) is 22.7. The van der Waals surface area contributed by atoms with E-state index in [9.17, 15) is 0 Å². The summed E-state index contributed by atoms with van der Waals surface area (Å²) in [4.78, 5) is 8.79. The molecule has 0 aliphatic carbocycles. The zero-order valence-corrected chi connectivity index (χ0v) is 27.7. The number of aryl methyl sites for hydroxylation is 2. The average Bonchev–Trinajstić information content (AvgIpc) is 3.45. The van der Waals surface area contributed by atoms with E-state index in [2.05, 4.69) is 97.5 Å². The van der Waals surface area contributed by atoms with E-state index in [0.717, 1.165) is 61.5 Å². The van der Waals surface area contributed by atoms with Crippen molar-refractivity contribution in [3.05, 3.63) is 156 Å². The monoisotopic (exact) mass is 766 g/mol. The Kier molecular flexibility index (Phi) is 8.94. The van der Waals surface area contributed by atoms with Gasteiger partial charge in [0.05, 0.1) is 11.3 Å². The standard InChI is InChI=1S/C29H24NO.C12H10N.Ir/c1-19(2)23-14-15-30-27(18-23)24-16-25-20(3)28(22-12-8-5-9-13-22)31-29(25)26(17-24)21-10-6-4-7-11-21;1-10-7-8-12(13-9-10)11-5-3-2-4-6-11;/h4-15,17-19H,1-3H3;2-5,7-9H,1H3;/q2*-1;/i;1D3;. The van der Waals surface area contributed by atoms with E-state index in [0.29, 0.717) is 5.92 Å². The van der Waals surface area contributed by atoms with Crippen molar-refractivity contribution in [2.45, 2.75) is 33.5 Å². The largest absolute Gasteiger partial charge is 0.499 e. The molecule has 0 N–H and O–H groups in total. The Labute approximate surface area is 283 Å². The minimum atomic E-state index is -2.09. The SMILES string of the molecule is Cc1c(-c2ccccc2)oc2c(-c3ccccc3)cc(-c3cc(C(C)C)ccn3)[c-]c12.[2H]C([2H])([2H])c1ccc(-c2[c-]cccc2)nc1.[Ir]. The summed E-state index contributed by atoms with van der Waals surface area (Å²) in [6, 6.07) is 44.5. The normalized spacial score (nSPS) is 12.0. The molecule has 225 valence electrons. The van der Waals surface area contributed by atoms with E-state index >= 15 is 0 Å². The molecule has 0 unspecified atom stereocenters. The quantitative estimate of drug-likeness (QED) is 0.164. The number of pyridine rings is 2. The number of fused-ring (bicyclic) bond motifs is 1. The zero-order valence-electron chi connectivity index (χ0n) is 28.3. The van der Waals surface area contributed by atoms with Crippen LogP contribution in [0, 0.1) is 25.9 Å². The molecule has 3 aromatic heterocycles. The molecular weight excluding hydrogens is 729 g/mol. The molecule has 1 radical (unpaired) electrons.